The predicted molar refractivity (Wildman–Crippen MR) is 84.8 cm³/mol. The molecule has 0 saturated carbocycles. The monoisotopic (exact) mass is 312 g/mol. The number of halogens is 1. The molecule has 1 aliphatic rings. The van der Waals surface area contributed by atoms with Gasteiger partial charge in [-0.2, -0.15) is 5.10 Å². The van der Waals surface area contributed by atoms with Crippen LogP contribution in [0.5, 0.6) is 0 Å². The summed E-state index contributed by atoms with van der Waals surface area (Å²) in [6.07, 6.45) is 3.59. The Bertz CT molecular complexity index is 863. The van der Waals surface area contributed by atoms with Crippen molar-refractivity contribution in [3.05, 3.63) is 59.8 Å². The highest BCUT2D eigenvalue weighted by Crippen LogP contribution is 2.37. The number of nitrogens with zero attached hydrogens (tertiary/aromatic N) is 4. The summed E-state index contributed by atoms with van der Waals surface area (Å²) in [5.41, 5.74) is 2.64. The Hall–Kier alpha value is -2.47. The summed E-state index contributed by atoms with van der Waals surface area (Å²) >= 11 is 0. The molecule has 2 aromatic heterocycles. The summed E-state index contributed by atoms with van der Waals surface area (Å²) in [5.74, 6) is 0.495. The van der Waals surface area contributed by atoms with Crippen molar-refractivity contribution in [1.29, 1.82) is 0 Å². The van der Waals surface area contributed by atoms with E-state index in [9.17, 15) is 9.50 Å². The zero-order chi connectivity index (χ0) is 16.0. The SMILES string of the molecule is Cc1cc2c(N3C[C@@H](O)C[C@H]3c3cccc(F)c3)nccn2n1. The summed E-state index contributed by atoms with van der Waals surface area (Å²) in [5, 5.41) is 14.6. The fraction of sp³-hybridized carbons (Fsp3) is 0.294. The normalized spacial score (nSPS) is 21.3. The highest BCUT2D eigenvalue weighted by Gasteiger charge is 2.34. The van der Waals surface area contributed by atoms with Gasteiger partial charge in [0.15, 0.2) is 5.82 Å². The molecule has 1 N–H and O–H groups in total. The minimum Gasteiger partial charge on any atom is -0.391 e. The molecule has 1 fully saturated rings. The van der Waals surface area contributed by atoms with E-state index in [1.165, 1.54) is 12.1 Å². The molecule has 6 heteroatoms. The second-order valence-electron chi connectivity index (χ2n) is 5.98. The van der Waals surface area contributed by atoms with E-state index < -0.39 is 6.10 Å². The predicted octanol–water partition coefficient (Wildman–Crippen LogP) is 2.49. The lowest BCUT2D eigenvalue weighted by Gasteiger charge is -2.26. The molecule has 0 amide bonds. The van der Waals surface area contributed by atoms with Crippen LogP contribution in [0.15, 0.2) is 42.7 Å². The van der Waals surface area contributed by atoms with Gasteiger partial charge in [0.05, 0.1) is 17.8 Å². The van der Waals surface area contributed by atoms with Gasteiger partial charge in [-0.1, -0.05) is 12.1 Å². The maximum Gasteiger partial charge on any atom is 0.155 e. The van der Waals surface area contributed by atoms with Crippen LogP contribution in [0.3, 0.4) is 0 Å². The molecule has 1 aromatic carbocycles. The number of fused-ring (bicyclic) bond motifs is 1. The molecule has 0 radical (unpaired) electrons. The van der Waals surface area contributed by atoms with E-state index in [4.69, 9.17) is 0 Å². The smallest absolute Gasteiger partial charge is 0.155 e. The van der Waals surface area contributed by atoms with Crippen LogP contribution in [0.25, 0.3) is 5.52 Å². The zero-order valence-corrected chi connectivity index (χ0v) is 12.7. The highest BCUT2D eigenvalue weighted by atomic mass is 19.1. The van der Waals surface area contributed by atoms with Crippen molar-refractivity contribution in [2.24, 2.45) is 0 Å². The van der Waals surface area contributed by atoms with Crippen LogP contribution in [0, 0.1) is 12.7 Å². The zero-order valence-electron chi connectivity index (χ0n) is 12.7. The summed E-state index contributed by atoms with van der Waals surface area (Å²) in [4.78, 5) is 6.53. The fourth-order valence-electron chi connectivity index (χ4n) is 3.33. The van der Waals surface area contributed by atoms with Crippen molar-refractivity contribution in [1.82, 2.24) is 14.6 Å². The summed E-state index contributed by atoms with van der Waals surface area (Å²) in [7, 11) is 0. The number of benzene rings is 1. The number of rotatable bonds is 2. The van der Waals surface area contributed by atoms with Crippen molar-refractivity contribution in [3.63, 3.8) is 0 Å². The van der Waals surface area contributed by atoms with E-state index in [1.807, 2.05) is 24.0 Å². The molecule has 0 spiro atoms. The largest absolute Gasteiger partial charge is 0.391 e. The van der Waals surface area contributed by atoms with E-state index in [-0.39, 0.29) is 11.9 Å². The number of aliphatic hydroxyl groups excluding tert-OH is 1. The number of aromatic nitrogens is 3. The van der Waals surface area contributed by atoms with Crippen molar-refractivity contribution in [2.75, 3.05) is 11.4 Å². The van der Waals surface area contributed by atoms with E-state index in [2.05, 4.69) is 10.1 Å². The summed E-state index contributed by atoms with van der Waals surface area (Å²) in [6.45, 7) is 2.40. The van der Waals surface area contributed by atoms with Crippen LogP contribution in [0.1, 0.15) is 23.7 Å². The van der Waals surface area contributed by atoms with Crippen LogP contribution in [0.4, 0.5) is 10.2 Å². The Morgan fingerprint density at radius 3 is 3.00 bits per heavy atom. The molecule has 1 saturated heterocycles. The van der Waals surface area contributed by atoms with E-state index in [1.54, 1.807) is 23.0 Å². The van der Waals surface area contributed by atoms with Gasteiger partial charge in [0.25, 0.3) is 0 Å². The maximum absolute atomic E-state index is 13.6. The number of β-amino-alcohol motifs (C(OH)–C–C–N with tert-alkyl or cyclic N) is 1. The Balaban J connectivity index is 1.81. The van der Waals surface area contributed by atoms with Gasteiger partial charge in [-0.05, 0) is 37.1 Å². The van der Waals surface area contributed by atoms with Gasteiger partial charge in [-0.15, -0.1) is 0 Å². The Kier molecular flexibility index (Phi) is 3.27. The van der Waals surface area contributed by atoms with E-state index >= 15 is 0 Å². The Morgan fingerprint density at radius 1 is 1.30 bits per heavy atom. The van der Waals surface area contributed by atoms with Crippen molar-refractivity contribution in [2.45, 2.75) is 25.5 Å². The number of aliphatic hydroxyl groups is 1. The second-order valence-corrected chi connectivity index (χ2v) is 5.98. The molecule has 1 aliphatic heterocycles. The van der Waals surface area contributed by atoms with Crippen LogP contribution in [-0.4, -0.2) is 32.4 Å². The summed E-state index contributed by atoms with van der Waals surface area (Å²) in [6, 6.07) is 8.41. The van der Waals surface area contributed by atoms with Gasteiger partial charge < -0.3 is 10.0 Å². The molecule has 118 valence electrons. The van der Waals surface area contributed by atoms with E-state index in [0.29, 0.717) is 13.0 Å². The second kappa shape index (κ2) is 5.31. The first-order chi connectivity index (χ1) is 11.1. The van der Waals surface area contributed by atoms with Crippen LogP contribution >= 0.6 is 0 Å². The maximum atomic E-state index is 13.6. The van der Waals surface area contributed by atoms with Crippen molar-refractivity contribution >= 4 is 11.3 Å². The van der Waals surface area contributed by atoms with Crippen molar-refractivity contribution < 1.29 is 9.50 Å². The lowest BCUT2D eigenvalue weighted by atomic mass is 10.0. The van der Waals surface area contributed by atoms with Crippen LogP contribution in [0.2, 0.25) is 0 Å². The first-order valence-corrected chi connectivity index (χ1v) is 7.63. The molecule has 3 aromatic rings. The van der Waals surface area contributed by atoms with Crippen LogP contribution in [-0.2, 0) is 0 Å². The molecule has 5 nitrogen and oxygen atoms in total. The van der Waals surface area contributed by atoms with Crippen LogP contribution < -0.4 is 4.90 Å². The number of hydrogen-bond donors (Lipinski definition) is 1. The van der Waals surface area contributed by atoms with Gasteiger partial charge in [0, 0.05) is 18.9 Å². The third-order valence-electron chi connectivity index (χ3n) is 4.28. The number of aryl methyl sites for hydroxylation is 1. The molecular formula is C17H17FN4O. The Labute approximate surface area is 133 Å². The molecule has 3 heterocycles. The highest BCUT2D eigenvalue weighted by molar-refractivity contribution is 5.70. The minimum absolute atomic E-state index is 0.102. The first-order valence-electron chi connectivity index (χ1n) is 7.63. The van der Waals surface area contributed by atoms with Gasteiger partial charge in [0.1, 0.15) is 11.3 Å². The average molecular weight is 312 g/mol. The molecule has 4 rings (SSSR count). The number of anilines is 1. The minimum atomic E-state index is -0.464. The Morgan fingerprint density at radius 2 is 2.17 bits per heavy atom. The van der Waals surface area contributed by atoms with E-state index in [0.717, 1.165) is 22.6 Å². The molecule has 0 bridgehead atoms. The molecule has 0 unspecified atom stereocenters. The lowest BCUT2D eigenvalue weighted by molar-refractivity contribution is 0.194. The molecule has 0 aliphatic carbocycles. The molecule has 2 atom stereocenters. The van der Waals surface area contributed by atoms with Gasteiger partial charge >= 0.3 is 0 Å². The third kappa shape index (κ3) is 2.45. The van der Waals surface area contributed by atoms with Crippen molar-refractivity contribution in [3.8, 4) is 0 Å². The quantitative estimate of drug-likeness (QED) is 0.790. The fourth-order valence-corrected chi connectivity index (χ4v) is 3.33. The topological polar surface area (TPSA) is 53.7 Å². The van der Waals surface area contributed by atoms with Gasteiger partial charge in [0.2, 0.25) is 0 Å². The average Bonchev–Trinajstić information content (AvgIpc) is 3.08. The van der Waals surface area contributed by atoms with Gasteiger partial charge in [-0.3, -0.25) is 0 Å². The number of hydrogen-bond acceptors (Lipinski definition) is 4. The third-order valence-corrected chi connectivity index (χ3v) is 4.28. The molecular weight excluding hydrogens is 295 g/mol. The standard InChI is InChI=1S/C17H17FN4O/c1-11-7-16-17(19-5-6-22(16)20-11)21-10-14(23)9-15(21)12-3-2-4-13(18)8-12/h2-8,14-15,23H,9-10H2,1H3/t14-,15-/m0/s1. The molecule has 23 heavy (non-hydrogen) atoms. The lowest BCUT2D eigenvalue weighted by Crippen LogP contribution is -2.25. The van der Waals surface area contributed by atoms with Gasteiger partial charge in [-0.25, -0.2) is 13.9 Å². The first kappa shape index (κ1) is 14.1. The summed E-state index contributed by atoms with van der Waals surface area (Å²) < 4.78 is 15.4.